The van der Waals surface area contributed by atoms with Crippen LogP contribution in [0.15, 0.2) is 65.3 Å². The summed E-state index contributed by atoms with van der Waals surface area (Å²) in [5, 5.41) is 4.49. The number of carbonyl (C=O) groups is 2. The SMILES string of the molecule is O=C(CCNC(=O)c1ccco1)Oc1cccc2ccccc12. The lowest BCUT2D eigenvalue weighted by molar-refractivity contribution is -0.134. The highest BCUT2D eigenvalue weighted by Crippen LogP contribution is 2.25. The standard InChI is InChI=1S/C18H15NO4/c20-17(10-11-19-18(21)16-9-4-12-22-16)23-15-8-3-6-13-5-1-2-7-14(13)15/h1-9,12H,10-11H2,(H,19,21). The number of rotatable bonds is 5. The zero-order chi connectivity index (χ0) is 16.1. The van der Waals surface area contributed by atoms with Crippen LogP contribution in [-0.2, 0) is 4.79 Å². The number of hydrogen-bond acceptors (Lipinski definition) is 4. The molecule has 0 atom stereocenters. The van der Waals surface area contributed by atoms with Crippen LogP contribution in [0.5, 0.6) is 5.75 Å². The number of benzene rings is 2. The molecule has 1 amide bonds. The van der Waals surface area contributed by atoms with Crippen LogP contribution in [0.25, 0.3) is 10.8 Å². The van der Waals surface area contributed by atoms with Gasteiger partial charge in [0.25, 0.3) is 5.91 Å². The Bertz CT molecular complexity index is 819. The molecular formula is C18H15NO4. The molecule has 0 bridgehead atoms. The van der Waals surface area contributed by atoms with Crippen molar-refractivity contribution in [2.75, 3.05) is 6.54 Å². The molecule has 0 aliphatic rings. The van der Waals surface area contributed by atoms with E-state index in [0.717, 1.165) is 10.8 Å². The van der Waals surface area contributed by atoms with E-state index in [-0.39, 0.29) is 24.6 Å². The summed E-state index contributed by atoms with van der Waals surface area (Å²) in [6.07, 6.45) is 1.50. The average Bonchev–Trinajstić information content (AvgIpc) is 3.10. The molecule has 23 heavy (non-hydrogen) atoms. The molecule has 0 fully saturated rings. The molecule has 0 saturated carbocycles. The maximum absolute atomic E-state index is 11.9. The third-order valence-corrected chi connectivity index (χ3v) is 3.33. The quantitative estimate of drug-likeness (QED) is 0.580. The van der Waals surface area contributed by atoms with Gasteiger partial charge in [-0.1, -0.05) is 36.4 Å². The predicted molar refractivity (Wildman–Crippen MR) is 85.2 cm³/mol. The van der Waals surface area contributed by atoms with Gasteiger partial charge in [0.2, 0.25) is 0 Å². The summed E-state index contributed by atoms with van der Waals surface area (Å²) in [7, 11) is 0. The molecule has 1 N–H and O–H groups in total. The van der Waals surface area contributed by atoms with E-state index in [0.29, 0.717) is 5.75 Å². The van der Waals surface area contributed by atoms with Crippen molar-refractivity contribution >= 4 is 22.6 Å². The molecule has 3 aromatic rings. The van der Waals surface area contributed by atoms with Gasteiger partial charge < -0.3 is 14.5 Å². The molecule has 2 aromatic carbocycles. The third kappa shape index (κ3) is 3.58. The Morgan fingerprint density at radius 3 is 2.65 bits per heavy atom. The summed E-state index contributed by atoms with van der Waals surface area (Å²) in [5.41, 5.74) is 0. The van der Waals surface area contributed by atoms with Crippen LogP contribution in [0, 0.1) is 0 Å². The van der Waals surface area contributed by atoms with Gasteiger partial charge in [-0.25, -0.2) is 0 Å². The zero-order valence-electron chi connectivity index (χ0n) is 12.3. The van der Waals surface area contributed by atoms with Crippen LogP contribution in [0.4, 0.5) is 0 Å². The number of nitrogens with one attached hydrogen (secondary N) is 1. The average molecular weight is 309 g/mol. The Kier molecular flexibility index (Phi) is 4.38. The zero-order valence-corrected chi connectivity index (χ0v) is 12.3. The van der Waals surface area contributed by atoms with Crippen LogP contribution in [0.2, 0.25) is 0 Å². The first-order chi connectivity index (χ1) is 11.2. The van der Waals surface area contributed by atoms with E-state index in [2.05, 4.69) is 5.32 Å². The molecule has 0 aliphatic heterocycles. The molecular weight excluding hydrogens is 294 g/mol. The van der Waals surface area contributed by atoms with Gasteiger partial charge in [0, 0.05) is 11.9 Å². The fourth-order valence-electron chi connectivity index (χ4n) is 2.23. The molecule has 1 heterocycles. The number of carbonyl (C=O) groups excluding carboxylic acids is 2. The Balaban J connectivity index is 1.56. The van der Waals surface area contributed by atoms with Crippen molar-refractivity contribution in [1.82, 2.24) is 5.32 Å². The lowest BCUT2D eigenvalue weighted by atomic mass is 10.1. The van der Waals surface area contributed by atoms with Crippen LogP contribution in [-0.4, -0.2) is 18.4 Å². The highest BCUT2D eigenvalue weighted by molar-refractivity contribution is 5.92. The smallest absolute Gasteiger partial charge is 0.312 e. The van der Waals surface area contributed by atoms with E-state index in [1.807, 2.05) is 36.4 Å². The van der Waals surface area contributed by atoms with Crippen molar-refractivity contribution in [2.24, 2.45) is 0 Å². The molecule has 5 heteroatoms. The molecule has 0 unspecified atom stereocenters. The Hall–Kier alpha value is -3.08. The first kappa shape index (κ1) is 14.8. The minimum Gasteiger partial charge on any atom is -0.459 e. The fourth-order valence-corrected chi connectivity index (χ4v) is 2.23. The Morgan fingerprint density at radius 1 is 1.00 bits per heavy atom. The van der Waals surface area contributed by atoms with Crippen LogP contribution < -0.4 is 10.1 Å². The van der Waals surface area contributed by atoms with Crippen molar-refractivity contribution in [1.29, 1.82) is 0 Å². The first-order valence-electron chi connectivity index (χ1n) is 7.24. The Morgan fingerprint density at radius 2 is 1.83 bits per heavy atom. The van der Waals surface area contributed by atoms with E-state index in [1.165, 1.54) is 6.26 Å². The van der Waals surface area contributed by atoms with E-state index < -0.39 is 5.97 Å². The molecule has 3 rings (SSSR count). The van der Waals surface area contributed by atoms with Gasteiger partial charge in [-0.15, -0.1) is 0 Å². The van der Waals surface area contributed by atoms with Crippen molar-refractivity contribution in [3.05, 3.63) is 66.6 Å². The minimum atomic E-state index is -0.402. The molecule has 0 aliphatic carbocycles. The second-order valence-corrected chi connectivity index (χ2v) is 4.93. The maximum Gasteiger partial charge on any atom is 0.312 e. The summed E-state index contributed by atoms with van der Waals surface area (Å²) in [6, 6.07) is 16.4. The molecule has 116 valence electrons. The number of hydrogen-bond donors (Lipinski definition) is 1. The second kappa shape index (κ2) is 6.79. The predicted octanol–water partition coefficient (Wildman–Crippen LogP) is 3.16. The van der Waals surface area contributed by atoms with E-state index in [4.69, 9.17) is 9.15 Å². The number of fused-ring (bicyclic) bond motifs is 1. The van der Waals surface area contributed by atoms with E-state index in [9.17, 15) is 9.59 Å². The summed E-state index contributed by atoms with van der Waals surface area (Å²) < 4.78 is 10.4. The van der Waals surface area contributed by atoms with E-state index in [1.54, 1.807) is 18.2 Å². The van der Waals surface area contributed by atoms with Gasteiger partial charge in [-0.3, -0.25) is 9.59 Å². The normalized spacial score (nSPS) is 10.4. The maximum atomic E-state index is 11.9. The lowest BCUT2D eigenvalue weighted by Gasteiger charge is -2.08. The number of amides is 1. The van der Waals surface area contributed by atoms with Gasteiger partial charge in [0.1, 0.15) is 5.75 Å². The van der Waals surface area contributed by atoms with Crippen molar-refractivity contribution < 1.29 is 18.7 Å². The summed E-state index contributed by atoms with van der Waals surface area (Å²) in [4.78, 5) is 23.6. The second-order valence-electron chi connectivity index (χ2n) is 4.93. The van der Waals surface area contributed by atoms with Crippen molar-refractivity contribution in [2.45, 2.75) is 6.42 Å². The molecule has 1 aromatic heterocycles. The largest absolute Gasteiger partial charge is 0.459 e. The highest BCUT2D eigenvalue weighted by atomic mass is 16.5. The van der Waals surface area contributed by atoms with Crippen molar-refractivity contribution in [3.8, 4) is 5.75 Å². The lowest BCUT2D eigenvalue weighted by Crippen LogP contribution is -2.26. The molecule has 5 nitrogen and oxygen atoms in total. The summed E-state index contributed by atoms with van der Waals surface area (Å²) in [6.45, 7) is 0.184. The van der Waals surface area contributed by atoms with Crippen LogP contribution in [0.1, 0.15) is 17.0 Å². The summed E-state index contributed by atoms with van der Waals surface area (Å²) in [5.74, 6) is -0.0214. The first-order valence-corrected chi connectivity index (χ1v) is 7.24. The molecule has 0 saturated heterocycles. The fraction of sp³-hybridized carbons (Fsp3) is 0.111. The van der Waals surface area contributed by atoms with Gasteiger partial charge in [0.05, 0.1) is 12.7 Å². The van der Waals surface area contributed by atoms with Crippen LogP contribution in [0.3, 0.4) is 0 Å². The monoisotopic (exact) mass is 309 g/mol. The topological polar surface area (TPSA) is 68.5 Å². The Labute approximate surface area is 132 Å². The molecule has 0 radical (unpaired) electrons. The highest BCUT2D eigenvalue weighted by Gasteiger charge is 2.11. The van der Waals surface area contributed by atoms with Crippen LogP contribution >= 0.6 is 0 Å². The summed E-state index contributed by atoms with van der Waals surface area (Å²) >= 11 is 0. The number of furan rings is 1. The molecule has 0 spiro atoms. The van der Waals surface area contributed by atoms with Gasteiger partial charge >= 0.3 is 5.97 Å². The van der Waals surface area contributed by atoms with Gasteiger partial charge in [-0.2, -0.15) is 0 Å². The third-order valence-electron chi connectivity index (χ3n) is 3.33. The van der Waals surface area contributed by atoms with Gasteiger partial charge in [0.15, 0.2) is 5.76 Å². The minimum absolute atomic E-state index is 0.0790. The van der Waals surface area contributed by atoms with Gasteiger partial charge in [-0.05, 0) is 23.6 Å². The number of ether oxygens (including phenoxy) is 1. The number of esters is 1. The van der Waals surface area contributed by atoms with Crippen molar-refractivity contribution in [3.63, 3.8) is 0 Å². The van der Waals surface area contributed by atoms with E-state index >= 15 is 0 Å².